The number of nitrogens with one attached hydrogen (secondary N) is 2. The summed E-state index contributed by atoms with van der Waals surface area (Å²) < 4.78 is 15.3. The molecule has 4 aromatic heterocycles. The van der Waals surface area contributed by atoms with Crippen LogP contribution in [-0.4, -0.2) is 29.5 Å². The minimum absolute atomic E-state index is 0.139. The van der Waals surface area contributed by atoms with Gasteiger partial charge in [0.25, 0.3) is 5.56 Å². The van der Waals surface area contributed by atoms with Crippen LogP contribution in [0.5, 0.6) is 0 Å². The van der Waals surface area contributed by atoms with E-state index in [0.29, 0.717) is 5.65 Å². The molecule has 4 aromatic rings. The van der Waals surface area contributed by atoms with Crippen LogP contribution < -0.4 is 11.2 Å². The molecule has 0 unspecified atom stereocenters. The Morgan fingerprint density at radius 1 is 1.19 bits per heavy atom. The van der Waals surface area contributed by atoms with Gasteiger partial charge in [0.2, 0.25) is 5.95 Å². The van der Waals surface area contributed by atoms with E-state index in [1.807, 2.05) is 12.1 Å². The molecule has 1 aliphatic carbocycles. The van der Waals surface area contributed by atoms with Crippen molar-refractivity contribution < 1.29 is 4.39 Å². The van der Waals surface area contributed by atoms with Gasteiger partial charge in [-0.2, -0.15) is 14.0 Å². The summed E-state index contributed by atoms with van der Waals surface area (Å²) >= 11 is 0. The van der Waals surface area contributed by atoms with E-state index in [0.717, 1.165) is 28.3 Å². The molecule has 5 rings (SSSR count). The minimum atomic E-state index is -0.616. The molecule has 0 spiro atoms. The zero-order chi connectivity index (χ0) is 18.5. The van der Waals surface area contributed by atoms with E-state index in [9.17, 15) is 14.0 Å². The molecule has 0 aliphatic heterocycles. The van der Waals surface area contributed by atoms with Gasteiger partial charge < -0.3 is 4.98 Å². The summed E-state index contributed by atoms with van der Waals surface area (Å²) in [4.78, 5) is 36.2. The Morgan fingerprint density at radius 2 is 2.00 bits per heavy atom. The van der Waals surface area contributed by atoms with Crippen LogP contribution in [0.4, 0.5) is 4.39 Å². The molecule has 1 aliphatic rings. The highest BCUT2D eigenvalue weighted by Gasteiger charge is 2.41. The number of halogens is 1. The number of hydrogen-bond acceptors (Lipinski definition) is 5. The Balaban J connectivity index is 1.66. The fourth-order valence-corrected chi connectivity index (χ4v) is 3.49. The SMILES string of the molecule is O=c1[nH]cc(-c2cc([C@H]3C[C@@H]3c3ccncc3)c3ncc(F)n3n2)c(=O)[nH]1. The van der Waals surface area contributed by atoms with E-state index in [2.05, 4.69) is 25.0 Å². The molecule has 8 nitrogen and oxygen atoms in total. The van der Waals surface area contributed by atoms with Crippen molar-refractivity contribution >= 4 is 5.65 Å². The number of aromatic nitrogens is 6. The molecule has 2 atom stereocenters. The highest BCUT2D eigenvalue weighted by Crippen LogP contribution is 2.55. The van der Waals surface area contributed by atoms with Gasteiger partial charge in [-0.15, -0.1) is 0 Å². The Kier molecular flexibility index (Phi) is 3.30. The predicted octanol–water partition coefficient (Wildman–Crippen LogP) is 1.58. The van der Waals surface area contributed by atoms with Crippen LogP contribution in [0, 0.1) is 5.95 Å². The van der Waals surface area contributed by atoms with Crippen molar-refractivity contribution in [2.75, 3.05) is 0 Å². The lowest BCUT2D eigenvalue weighted by Crippen LogP contribution is -2.23. The first-order chi connectivity index (χ1) is 13.1. The summed E-state index contributed by atoms with van der Waals surface area (Å²) in [5, 5.41) is 4.19. The van der Waals surface area contributed by atoms with E-state index in [1.165, 1.54) is 6.20 Å². The van der Waals surface area contributed by atoms with E-state index >= 15 is 0 Å². The van der Waals surface area contributed by atoms with E-state index in [1.54, 1.807) is 18.5 Å². The molecule has 9 heteroatoms. The first kappa shape index (κ1) is 15.6. The monoisotopic (exact) mass is 364 g/mol. The third kappa shape index (κ3) is 2.55. The molecule has 0 bridgehead atoms. The van der Waals surface area contributed by atoms with Crippen molar-refractivity contribution in [3.63, 3.8) is 0 Å². The predicted molar refractivity (Wildman–Crippen MR) is 94.0 cm³/mol. The highest BCUT2D eigenvalue weighted by molar-refractivity contribution is 5.63. The van der Waals surface area contributed by atoms with Crippen molar-refractivity contribution in [2.24, 2.45) is 0 Å². The number of hydrogen-bond donors (Lipinski definition) is 2. The second kappa shape index (κ2) is 5.70. The molecular formula is C18H13FN6O2. The second-order valence-electron chi connectivity index (χ2n) is 6.52. The van der Waals surface area contributed by atoms with Crippen molar-refractivity contribution in [2.45, 2.75) is 18.3 Å². The van der Waals surface area contributed by atoms with Gasteiger partial charge in [0.05, 0.1) is 17.5 Å². The van der Waals surface area contributed by atoms with Gasteiger partial charge in [-0.3, -0.25) is 14.8 Å². The van der Waals surface area contributed by atoms with Crippen LogP contribution >= 0.6 is 0 Å². The van der Waals surface area contributed by atoms with Gasteiger partial charge in [-0.1, -0.05) is 0 Å². The first-order valence-electron chi connectivity index (χ1n) is 8.38. The Bertz CT molecular complexity index is 1280. The Hall–Kier alpha value is -3.62. The number of rotatable bonds is 3. The van der Waals surface area contributed by atoms with E-state index < -0.39 is 17.2 Å². The van der Waals surface area contributed by atoms with E-state index in [4.69, 9.17) is 0 Å². The molecule has 0 radical (unpaired) electrons. The van der Waals surface area contributed by atoms with Crippen molar-refractivity contribution in [1.29, 1.82) is 0 Å². The fraction of sp³-hybridized carbons (Fsp3) is 0.167. The van der Waals surface area contributed by atoms with Gasteiger partial charge in [0, 0.05) is 24.2 Å². The molecule has 1 saturated carbocycles. The molecule has 27 heavy (non-hydrogen) atoms. The molecule has 2 N–H and O–H groups in total. The van der Waals surface area contributed by atoms with Crippen molar-refractivity contribution in [3.8, 4) is 11.3 Å². The molecule has 134 valence electrons. The third-order valence-corrected chi connectivity index (χ3v) is 4.87. The van der Waals surface area contributed by atoms with Crippen LogP contribution in [0.3, 0.4) is 0 Å². The van der Waals surface area contributed by atoms with Crippen LogP contribution in [-0.2, 0) is 0 Å². The maximum atomic E-state index is 14.2. The molecule has 0 amide bonds. The van der Waals surface area contributed by atoms with E-state index in [-0.39, 0.29) is 23.1 Å². The lowest BCUT2D eigenvalue weighted by atomic mass is 10.1. The number of fused-ring (bicyclic) bond motifs is 1. The zero-order valence-corrected chi connectivity index (χ0v) is 13.9. The van der Waals surface area contributed by atoms with Crippen LogP contribution in [0.25, 0.3) is 16.9 Å². The lowest BCUT2D eigenvalue weighted by Gasteiger charge is -2.07. The third-order valence-electron chi connectivity index (χ3n) is 4.87. The number of H-pyrrole nitrogens is 2. The Morgan fingerprint density at radius 3 is 2.78 bits per heavy atom. The standard InChI is InChI=1S/C18H13FN6O2/c19-15-8-21-16-12(11-5-10(11)9-1-3-20-4-2-9)6-14(24-25(15)16)13-7-22-18(27)23-17(13)26/h1-4,6-8,10-11H,5H2,(H2,22,23,26,27)/t10-,11+/m1/s1. The summed E-state index contributed by atoms with van der Waals surface area (Å²) in [6.07, 6.45) is 6.76. The summed E-state index contributed by atoms with van der Waals surface area (Å²) in [6.45, 7) is 0. The van der Waals surface area contributed by atoms with Gasteiger partial charge in [0.15, 0.2) is 5.65 Å². The summed E-state index contributed by atoms with van der Waals surface area (Å²) in [7, 11) is 0. The number of pyridine rings is 1. The minimum Gasteiger partial charge on any atom is -0.313 e. The normalized spacial score (nSPS) is 18.7. The van der Waals surface area contributed by atoms with Gasteiger partial charge in [0.1, 0.15) is 0 Å². The first-order valence-corrected chi connectivity index (χ1v) is 8.38. The van der Waals surface area contributed by atoms with Gasteiger partial charge >= 0.3 is 5.69 Å². The highest BCUT2D eigenvalue weighted by atomic mass is 19.1. The molecule has 1 fully saturated rings. The average Bonchev–Trinajstić information content (AvgIpc) is 3.39. The smallest absolute Gasteiger partial charge is 0.313 e. The van der Waals surface area contributed by atoms with Crippen LogP contribution in [0.15, 0.2) is 52.6 Å². The number of nitrogens with zero attached hydrogens (tertiary/aromatic N) is 4. The van der Waals surface area contributed by atoms with Gasteiger partial charge in [-0.25, -0.2) is 9.78 Å². The van der Waals surface area contributed by atoms with Gasteiger partial charge in [-0.05, 0) is 42.0 Å². The maximum Gasteiger partial charge on any atom is 0.325 e. The molecule has 0 aromatic carbocycles. The number of aromatic amines is 2. The molecular weight excluding hydrogens is 351 g/mol. The van der Waals surface area contributed by atoms with Crippen LogP contribution in [0.1, 0.15) is 29.4 Å². The average molecular weight is 364 g/mol. The zero-order valence-electron chi connectivity index (χ0n) is 13.9. The topological polar surface area (TPSA) is 109 Å². The lowest BCUT2D eigenvalue weighted by molar-refractivity contribution is 0.549. The summed E-state index contributed by atoms with van der Waals surface area (Å²) in [5.41, 5.74) is 1.63. The second-order valence-corrected chi connectivity index (χ2v) is 6.52. The maximum absolute atomic E-state index is 14.2. The molecule has 0 saturated heterocycles. The summed E-state index contributed by atoms with van der Waals surface area (Å²) in [6, 6.07) is 5.67. The van der Waals surface area contributed by atoms with Crippen molar-refractivity contribution in [3.05, 3.63) is 80.9 Å². The summed E-state index contributed by atoms with van der Waals surface area (Å²) in [5.74, 6) is -0.198. The quantitative estimate of drug-likeness (QED) is 0.574. The van der Waals surface area contributed by atoms with Crippen molar-refractivity contribution in [1.82, 2.24) is 29.5 Å². The fourth-order valence-electron chi connectivity index (χ4n) is 3.49. The molecule has 4 heterocycles. The number of imidazole rings is 1. The Labute approximate surface area is 150 Å². The van der Waals surface area contributed by atoms with Crippen LogP contribution in [0.2, 0.25) is 0 Å². The largest absolute Gasteiger partial charge is 0.325 e.